The van der Waals surface area contributed by atoms with Crippen LogP contribution in [-0.2, 0) is 0 Å². The minimum absolute atomic E-state index is 0.413. The van der Waals surface area contributed by atoms with Crippen molar-refractivity contribution in [1.82, 2.24) is 9.97 Å². The number of aryl methyl sites for hydroxylation is 2. The summed E-state index contributed by atoms with van der Waals surface area (Å²) in [4.78, 5) is 8.87. The number of ether oxygens (including phenoxy) is 2. The number of benzene rings is 5. The molecule has 5 aromatic carbocycles. The van der Waals surface area contributed by atoms with Gasteiger partial charge in [0, 0.05) is 39.6 Å². The highest BCUT2D eigenvalue weighted by Gasteiger charge is 2.17. The van der Waals surface area contributed by atoms with Gasteiger partial charge in [-0.05, 0) is 137 Å². The number of hydrogen-bond acceptors (Lipinski definition) is 5. The Bertz CT molecular complexity index is 2630. The number of fused-ring (bicyclic) bond motifs is 4. The molecular formula is C55H64ClN3O2. The molecule has 0 fully saturated rings. The smallest absolute Gasteiger partial charge is 0.133 e. The first-order valence-corrected chi connectivity index (χ1v) is 21.9. The average molecular weight is 835 g/mol. The molecule has 0 bridgehead atoms. The monoisotopic (exact) mass is 833 g/mol. The normalized spacial score (nSPS) is 12.0. The second kappa shape index (κ2) is 21.2. The van der Waals surface area contributed by atoms with Gasteiger partial charge in [0.25, 0.3) is 0 Å². The van der Waals surface area contributed by atoms with Gasteiger partial charge >= 0.3 is 0 Å². The molecule has 0 amide bonds. The lowest BCUT2D eigenvalue weighted by atomic mass is 9.90. The topological polar surface area (TPSA) is 56.3 Å². The molecular weight excluding hydrogens is 770 g/mol. The van der Waals surface area contributed by atoms with Crippen LogP contribution in [0.15, 0.2) is 128 Å². The SMILES string of the molecule is C=C1C=C(C(C)C)c2cc(OCC)ccc2N1.CC(C)c1cccc2ccccc12.COc1ccc2c(C(C)C)c(C)ncc2c1.Cc1ccc2cc(C(C)C)c(Cl)nc2c1. The van der Waals surface area contributed by atoms with Gasteiger partial charge < -0.3 is 14.8 Å². The molecule has 0 radical (unpaired) electrons. The highest BCUT2D eigenvalue weighted by Crippen LogP contribution is 2.37. The predicted molar refractivity (Wildman–Crippen MR) is 264 cm³/mol. The molecule has 318 valence electrons. The summed E-state index contributed by atoms with van der Waals surface area (Å²) >= 11 is 6.14. The maximum absolute atomic E-state index is 6.14. The molecule has 0 aliphatic carbocycles. The average Bonchev–Trinajstić information content (AvgIpc) is 3.23. The molecule has 5 nitrogen and oxygen atoms in total. The lowest BCUT2D eigenvalue weighted by Crippen LogP contribution is -2.09. The van der Waals surface area contributed by atoms with Gasteiger partial charge in [-0.15, -0.1) is 0 Å². The van der Waals surface area contributed by atoms with Gasteiger partial charge in [0.2, 0.25) is 0 Å². The van der Waals surface area contributed by atoms with Crippen molar-refractivity contribution in [3.8, 4) is 11.5 Å². The van der Waals surface area contributed by atoms with Crippen LogP contribution >= 0.6 is 11.6 Å². The van der Waals surface area contributed by atoms with Crippen molar-refractivity contribution in [2.45, 2.75) is 93.9 Å². The zero-order valence-corrected chi connectivity index (χ0v) is 39.0. The molecule has 0 atom stereocenters. The highest BCUT2D eigenvalue weighted by atomic mass is 35.5. The summed E-state index contributed by atoms with van der Waals surface area (Å²) < 4.78 is 10.8. The summed E-state index contributed by atoms with van der Waals surface area (Å²) in [6.07, 6.45) is 4.03. The molecule has 3 heterocycles. The minimum Gasteiger partial charge on any atom is -0.497 e. The fourth-order valence-corrected chi connectivity index (χ4v) is 8.05. The number of nitrogens with one attached hydrogen (secondary N) is 1. The van der Waals surface area contributed by atoms with Crippen molar-refractivity contribution in [2.75, 3.05) is 19.0 Å². The molecule has 0 saturated carbocycles. The lowest BCUT2D eigenvalue weighted by molar-refractivity contribution is 0.340. The van der Waals surface area contributed by atoms with Crippen molar-refractivity contribution in [1.29, 1.82) is 0 Å². The number of hydrogen-bond donors (Lipinski definition) is 1. The van der Waals surface area contributed by atoms with Crippen LogP contribution in [0.1, 0.15) is 114 Å². The number of anilines is 1. The molecule has 0 saturated heterocycles. The Labute approximate surface area is 369 Å². The summed E-state index contributed by atoms with van der Waals surface area (Å²) in [5.41, 5.74) is 11.8. The molecule has 2 aromatic heterocycles. The van der Waals surface area contributed by atoms with E-state index in [1.54, 1.807) is 7.11 Å². The maximum atomic E-state index is 6.14. The quantitative estimate of drug-likeness (QED) is 0.162. The maximum Gasteiger partial charge on any atom is 0.133 e. The number of rotatable bonds is 7. The predicted octanol–water partition coefficient (Wildman–Crippen LogP) is 16.0. The van der Waals surface area contributed by atoms with E-state index in [-0.39, 0.29) is 0 Å². The van der Waals surface area contributed by atoms with Crippen LogP contribution in [0, 0.1) is 19.8 Å². The molecule has 61 heavy (non-hydrogen) atoms. The van der Waals surface area contributed by atoms with Crippen molar-refractivity contribution < 1.29 is 9.47 Å². The lowest BCUT2D eigenvalue weighted by Gasteiger charge is -2.23. The first-order chi connectivity index (χ1) is 29.1. The van der Waals surface area contributed by atoms with Gasteiger partial charge in [-0.25, -0.2) is 4.98 Å². The van der Waals surface area contributed by atoms with E-state index in [0.29, 0.717) is 35.4 Å². The number of aromatic nitrogens is 2. The van der Waals surface area contributed by atoms with Crippen LogP contribution < -0.4 is 14.8 Å². The van der Waals surface area contributed by atoms with Crippen molar-refractivity contribution in [3.05, 3.63) is 166 Å². The molecule has 1 aliphatic rings. The fraction of sp³-hybridized carbons (Fsp3) is 0.309. The number of pyridine rings is 2. The third kappa shape index (κ3) is 11.8. The summed E-state index contributed by atoms with van der Waals surface area (Å²) in [5.74, 6) is 3.79. The molecule has 6 heteroatoms. The molecule has 1 N–H and O–H groups in total. The van der Waals surface area contributed by atoms with Gasteiger partial charge in [0.1, 0.15) is 16.7 Å². The van der Waals surface area contributed by atoms with Gasteiger partial charge in [0.05, 0.1) is 19.2 Å². The molecule has 7 aromatic rings. The third-order valence-electron chi connectivity index (χ3n) is 10.8. The first-order valence-electron chi connectivity index (χ1n) is 21.5. The van der Waals surface area contributed by atoms with Crippen LogP contribution in [0.5, 0.6) is 11.5 Å². The Morgan fingerprint density at radius 1 is 0.672 bits per heavy atom. The summed E-state index contributed by atoms with van der Waals surface area (Å²) in [7, 11) is 1.69. The minimum atomic E-state index is 0.413. The Morgan fingerprint density at radius 2 is 1.38 bits per heavy atom. The Balaban J connectivity index is 0.000000155. The van der Waals surface area contributed by atoms with E-state index in [0.717, 1.165) is 50.4 Å². The molecule has 0 unspecified atom stereocenters. The highest BCUT2D eigenvalue weighted by molar-refractivity contribution is 6.30. The van der Waals surface area contributed by atoms with E-state index in [4.69, 9.17) is 21.1 Å². The van der Waals surface area contributed by atoms with Crippen LogP contribution in [0.4, 0.5) is 5.69 Å². The van der Waals surface area contributed by atoms with Crippen molar-refractivity contribution >= 4 is 55.3 Å². The summed E-state index contributed by atoms with van der Waals surface area (Å²) in [6.45, 7) is 28.3. The van der Waals surface area contributed by atoms with Crippen molar-refractivity contribution in [3.63, 3.8) is 0 Å². The second-order valence-corrected chi connectivity index (χ2v) is 17.2. The summed E-state index contributed by atoms with van der Waals surface area (Å²) in [6, 6.07) is 35.8. The number of halogens is 1. The number of nitrogens with zero attached hydrogens (tertiary/aromatic N) is 2. The van der Waals surface area contributed by atoms with E-state index in [1.807, 2.05) is 31.3 Å². The van der Waals surface area contributed by atoms with E-state index >= 15 is 0 Å². The number of methoxy groups -OCH3 is 1. The Morgan fingerprint density at radius 3 is 2.05 bits per heavy atom. The Hall–Kier alpha value is -5.65. The number of allylic oxidation sites excluding steroid dienone is 2. The van der Waals surface area contributed by atoms with Gasteiger partial charge in [-0.2, -0.15) is 0 Å². The van der Waals surface area contributed by atoms with E-state index in [9.17, 15) is 0 Å². The molecule has 8 rings (SSSR count). The van der Waals surface area contributed by atoms with Crippen LogP contribution in [0.3, 0.4) is 0 Å². The fourth-order valence-electron chi connectivity index (χ4n) is 7.69. The van der Waals surface area contributed by atoms with E-state index in [1.165, 1.54) is 44.0 Å². The zero-order valence-electron chi connectivity index (χ0n) is 38.3. The van der Waals surface area contributed by atoms with Crippen LogP contribution in [0.2, 0.25) is 5.15 Å². The van der Waals surface area contributed by atoms with Crippen LogP contribution in [0.25, 0.3) is 38.0 Å². The standard InChI is InChI=1S/C15H19NO.C14H17NO.C13H14ClN.C13H14/c1-5-17-12-6-7-15-14(9-12)13(10(2)3)8-11(4)16-15;1-9(2)14-10(3)15-8-11-7-12(16-4)5-6-13(11)14;1-8(2)11-7-10-5-4-9(3)6-12(10)15-13(11)14;1-10(2)12-9-5-7-11-6-3-4-8-13(11)12/h6-10,16H,4-5H2,1-3H3;5-9H,1-4H3;4-8H,1-3H3;3-10H,1-2H3. The largest absolute Gasteiger partial charge is 0.497 e. The Kier molecular flexibility index (Phi) is 16.2. The van der Waals surface area contributed by atoms with Gasteiger partial charge in [-0.3, -0.25) is 4.98 Å². The van der Waals surface area contributed by atoms with E-state index < -0.39 is 0 Å². The van der Waals surface area contributed by atoms with Gasteiger partial charge in [-0.1, -0.05) is 134 Å². The molecule has 1 aliphatic heterocycles. The van der Waals surface area contributed by atoms with Crippen LogP contribution in [-0.4, -0.2) is 23.7 Å². The van der Waals surface area contributed by atoms with Crippen molar-refractivity contribution in [2.24, 2.45) is 5.92 Å². The molecule has 0 spiro atoms. The zero-order chi connectivity index (χ0) is 44.4. The summed E-state index contributed by atoms with van der Waals surface area (Å²) in [5, 5.41) is 10.2. The third-order valence-corrected chi connectivity index (χ3v) is 11.1. The first kappa shape index (κ1) is 46.4. The van der Waals surface area contributed by atoms with Gasteiger partial charge in [0.15, 0.2) is 0 Å². The second-order valence-electron chi connectivity index (χ2n) is 16.9. The van der Waals surface area contributed by atoms with E-state index in [2.05, 4.69) is 182 Å².